The molecule has 0 amide bonds. The van der Waals surface area contributed by atoms with Crippen molar-refractivity contribution in [3.8, 4) is 11.3 Å². The Hall–Kier alpha value is -2.00. The van der Waals surface area contributed by atoms with Gasteiger partial charge in [-0.3, -0.25) is 4.98 Å². The fraction of sp³-hybridized carbons (Fsp3) is 0.188. The van der Waals surface area contributed by atoms with Crippen molar-refractivity contribution in [2.45, 2.75) is 19.8 Å². The summed E-state index contributed by atoms with van der Waals surface area (Å²) in [5, 5.41) is 1.60. The van der Waals surface area contributed by atoms with E-state index in [0.29, 0.717) is 5.15 Å². The van der Waals surface area contributed by atoms with Crippen LogP contribution >= 0.6 is 11.6 Å². The third-order valence-corrected chi connectivity index (χ3v) is 3.60. The Balaban J connectivity index is 2.35. The Bertz CT molecular complexity index is 763. The van der Waals surface area contributed by atoms with Crippen molar-refractivity contribution in [2.75, 3.05) is 0 Å². The minimum absolute atomic E-state index is 0.248. The number of hydrogen-bond donors (Lipinski definition) is 0. The average molecular weight is 284 g/mol. The highest BCUT2D eigenvalue weighted by molar-refractivity contribution is 6.30. The van der Waals surface area contributed by atoms with Crippen LogP contribution in [0.4, 0.5) is 0 Å². The molecule has 4 heteroatoms. The van der Waals surface area contributed by atoms with Crippen LogP contribution in [0, 0.1) is 0 Å². The zero-order valence-corrected chi connectivity index (χ0v) is 12.1. The van der Waals surface area contributed by atoms with Gasteiger partial charge in [0.15, 0.2) is 0 Å². The molecule has 3 aromatic rings. The van der Waals surface area contributed by atoms with E-state index in [4.69, 9.17) is 11.6 Å². The van der Waals surface area contributed by atoms with Crippen molar-refractivity contribution in [2.24, 2.45) is 0 Å². The maximum atomic E-state index is 6.25. The quantitative estimate of drug-likeness (QED) is 0.651. The first kappa shape index (κ1) is 13.0. The molecular weight excluding hydrogens is 270 g/mol. The highest BCUT2D eigenvalue weighted by Gasteiger charge is 2.17. The average Bonchev–Trinajstić information content (AvgIpc) is 2.46. The van der Waals surface area contributed by atoms with Gasteiger partial charge >= 0.3 is 0 Å². The first-order chi connectivity index (χ1) is 9.68. The lowest BCUT2D eigenvalue weighted by molar-refractivity contribution is 0.850. The van der Waals surface area contributed by atoms with Gasteiger partial charge in [-0.2, -0.15) is 0 Å². The van der Waals surface area contributed by atoms with Crippen LogP contribution in [0.2, 0.25) is 5.15 Å². The highest BCUT2D eigenvalue weighted by Crippen LogP contribution is 2.34. The predicted molar refractivity (Wildman–Crippen MR) is 81.9 cm³/mol. The molecule has 0 aliphatic rings. The normalized spacial score (nSPS) is 11.2. The molecule has 0 saturated heterocycles. The number of rotatable bonds is 2. The molecule has 0 spiro atoms. The summed E-state index contributed by atoms with van der Waals surface area (Å²) in [6.07, 6.45) is 3.30. The van der Waals surface area contributed by atoms with E-state index in [9.17, 15) is 0 Å². The molecular formula is C16H14ClN3. The van der Waals surface area contributed by atoms with Crippen LogP contribution in [-0.4, -0.2) is 15.0 Å². The van der Waals surface area contributed by atoms with Crippen molar-refractivity contribution in [1.82, 2.24) is 15.0 Å². The summed E-state index contributed by atoms with van der Waals surface area (Å²) in [7, 11) is 0. The Morgan fingerprint density at radius 3 is 2.60 bits per heavy atom. The number of benzene rings is 1. The van der Waals surface area contributed by atoms with Crippen LogP contribution in [0.3, 0.4) is 0 Å². The van der Waals surface area contributed by atoms with Gasteiger partial charge in [-0.1, -0.05) is 49.7 Å². The van der Waals surface area contributed by atoms with Gasteiger partial charge in [0.25, 0.3) is 0 Å². The number of hydrogen-bond acceptors (Lipinski definition) is 3. The van der Waals surface area contributed by atoms with E-state index in [1.54, 1.807) is 6.20 Å². The summed E-state index contributed by atoms with van der Waals surface area (Å²) < 4.78 is 0. The van der Waals surface area contributed by atoms with Gasteiger partial charge in [-0.25, -0.2) is 9.97 Å². The van der Waals surface area contributed by atoms with Crippen LogP contribution in [0.25, 0.3) is 22.2 Å². The van der Waals surface area contributed by atoms with E-state index in [-0.39, 0.29) is 5.92 Å². The van der Waals surface area contributed by atoms with Gasteiger partial charge in [-0.15, -0.1) is 0 Å². The van der Waals surface area contributed by atoms with Gasteiger partial charge < -0.3 is 0 Å². The van der Waals surface area contributed by atoms with Gasteiger partial charge in [0.05, 0.1) is 11.2 Å². The van der Waals surface area contributed by atoms with E-state index >= 15 is 0 Å². The number of pyridine rings is 1. The van der Waals surface area contributed by atoms with Gasteiger partial charge in [0, 0.05) is 22.7 Å². The molecule has 3 rings (SSSR count). The Morgan fingerprint density at radius 2 is 1.80 bits per heavy atom. The zero-order chi connectivity index (χ0) is 14.1. The van der Waals surface area contributed by atoms with Crippen molar-refractivity contribution in [3.63, 3.8) is 0 Å². The molecule has 0 unspecified atom stereocenters. The summed E-state index contributed by atoms with van der Waals surface area (Å²) in [6, 6.07) is 10.1. The number of para-hydroxylation sites is 1. The molecule has 2 heterocycles. The molecule has 3 nitrogen and oxygen atoms in total. The maximum absolute atomic E-state index is 6.25. The number of nitrogens with zero attached hydrogens (tertiary/aromatic N) is 3. The molecule has 0 atom stereocenters. The number of aromatic nitrogens is 3. The standard InChI is InChI=1S/C16H14ClN3/c1-10(2)13-15(19-9-20-16(13)17)12-7-3-5-11-6-4-8-18-14(11)12/h3-10H,1-2H3. The SMILES string of the molecule is CC(C)c1c(Cl)ncnc1-c1cccc2cccnc12. The van der Waals surface area contributed by atoms with Crippen molar-refractivity contribution in [3.05, 3.63) is 53.6 Å². The predicted octanol–water partition coefficient (Wildman–Crippen LogP) is 4.47. The molecule has 0 fully saturated rings. The Kier molecular flexibility index (Phi) is 3.36. The molecule has 0 aliphatic heterocycles. The lowest BCUT2D eigenvalue weighted by Gasteiger charge is -2.14. The molecule has 1 aromatic carbocycles. The molecule has 100 valence electrons. The first-order valence-electron chi connectivity index (χ1n) is 6.53. The van der Waals surface area contributed by atoms with Crippen molar-refractivity contribution < 1.29 is 0 Å². The van der Waals surface area contributed by atoms with Crippen LogP contribution in [0.15, 0.2) is 42.9 Å². The van der Waals surface area contributed by atoms with E-state index in [1.165, 1.54) is 6.33 Å². The van der Waals surface area contributed by atoms with Crippen LogP contribution in [0.5, 0.6) is 0 Å². The van der Waals surface area contributed by atoms with Crippen LogP contribution in [-0.2, 0) is 0 Å². The summed E-state index contributed by atoms with van der Waals surface area (Å²) in [6.45, 7) is 4.18. The molecule has 0 aliphatic carbocycles. The van der Waals surface area contributed by atoms with E-state index in [2.05, 4.69) is 28.8 Å². The van der Waals surface area contributed by atoms with E-state index in [1.807, 2.05) is 30.3 Å². The number of fused-ring (bicyclic) bond motifs is 1. The summed E-state index contributed by atoms with van der Waals surface area (Å²) >= 11 is 6.25. The third kappa shape index (κ3) is 2.14. The molecule has 2 aromatic heterocycles. The van der Waals surface area contributed by atoms with E-state index < -0.39 is 0 Å². The van der Waals surface area contributed by atoms with Crippen molar-refractivity contribution >= 4 is 22.5 Å². The van der Waals surface area contributed by atoms with Gasteiger partial charge in [0.1, 0.15) is 11.5 Å². The molecule has 0 bridgehead atoms. The summed E-state index contributed by atoms with van der Waals surface area (Å²) in [4.78, 5) is 13.0. The molecule has 0 N–H and O–H groups in total. The smallest absolute Gasteiger partial charge is 0.136 e. The first-order valence-corrected chi connectivity index (χ1v) is 6.91. The third-order valence-electron chi connectivity index (χ3n) is 3.30. The van der Waals surface area contributed by atoms with Gasteiger partial charge in [0.2, 0.25) is 0 Å². The minimum atomic E-state index is 0.248. The number of halogens is 1. The topological polar surface area (TPSA) is 38.7 Å². The van der Waals surface area contributed by atoms with Crippen molar-refractivity contribution in [1.29, 1.82) is 0 Å². The minimum Gasteiger partial charge on any atom is -0.256 e. The maximum Gasteiger partial charge on any atom is 0.136 e. The zero-order valence-electron chi connectivity index (χ0n) is 11.3. The molecule has 0 saturated carbocycles. The molecule has 0 radical (unpaired) electrons. The Labute approximate surface area is 122 Å². The van der Waals surface area contributed by atoms with Gasteiger partial charge in [-0.05, 0) is 12.0 Å². The second-order valence-corrected chi connectivity index (χ2v) is 5.32. The Morgan fingerprint density at radius 1 is 1.00 bits per heavy atom. The second-order valence-electron chi connectivity index (χ2n) is 4.96. The summed E-state index contributed by atoms with van der Waals surface area (Å²) in [5.41, 5.74) is 3.76. The highest BCUT2D eigenvalue weighted by atomic mass is 35.5. The second kappa shape index (κ2) is 5.17. The fourth-order valence-corrected chi connectivity index (χ4v) is 2.75. The molecule has 20 heavy (non-hydrogen) atoms. The van der Waals surface area contributed by atoms with Crippen LogP contribution in [0.1, 0.15) is 25.3 Å². The fourth-order valence-electron chi connectivity index (χ4n) is 2.40. The monoisotopic (exact) mass is 283 g/mol. The van der Waals surface area contributed by atoms with E-state index in [0.717, 1.165) is 27.7 Å². The lowest BCUT2D eigenvalue weighted by Crippen LogP contribution is -1.99. The summed E-state index contributed by atoms with van der Waals surface area (Å²) in [5.74, 6) is 0.248. The largest absolute Gasteiger partial charge is 0.256 e. The lowest BCUT2D eigenvalue weighted by atomic mass is 9.97. The van der Waals surface area contributed by atoms with Crippen LogP contribution < -0.4 is 0 Å².